The quantitative estimate of drug-likeness (QED) is 0.0195. The fraction of sp³-hybridized carbons (Fsp3) is 0.923. The summed E-state index contributed by atoms with van der Waals surface area (Å²) in [7, 11) is 1.18. The van der Waals surface area contributed by atoms with Gasteiger partial charge in [0.2, 0.25) is 0 Å². The molecule has 1 unspecified atom stereocenters. The van der Waals surface area contributed by atoms with Gasteiger partial charge in [0.1, 0.15) is 19.8 Å². The van der Waals surface area contributed by atoms with Crippen LogP contribution in [0.1, 0.15) is 257 Å². The van der Waals surface area contributed by atoms with Gasteiger partial charge in [0.05, 0.1) is 27.7 Å². The zero-order valence-corrected chi connectivity index (χ0v) is 42.3. The van der Waals surface area contributed by atoms with Crippen molar-refractivity contribution >= 4 is 19.8 Å². The average molecular weight is 900 g/mol. The van der Waals surface area contributed by atoms with E-state index in [2.05, 4.69) is 13.5 Å². The molecule has 0 amide bonds. The Hall–Kier alpha value is -1.25. The van der Waals surface area contributed by atoms with Gasteiger partial charge in [-0.2, -0.15) is 0 Å². The fourth-order valence-corrected chi connectivity index (χ4v) is 8.54. The molecule has 0 aliphatic heterocycles. The molecule has 0 aliphatic rings. The van der Waals surface area contributed by atoms with E-state index in [4.69, 9.17) is 18.5 Å². The first-order valence-corrected chi connectivity index (χ1v) is 27.8. The molecule has 2 atom stereocenters. The van der Waals surface area contributed by atoms with E-state index >= 15 is 0 Å². The number of nitrogens with zero attached hydrogens (tertiary/aromatic N) is 1. The molecule has 0 fully saturated rings. The van der Waals surface area contributed by atoms with Gasteiger partial charge in [0.25, 0.3) is 7.82 Å². The van der Waals surface area contributed by atoms with Crippen molar-refractivity contribution in [2.75, 3.05) is 47.5 Å². The number of carbonyl (C=O) groups excluding carboxylic acids is 2. The van der Waals surface area contributed by atoms with Crippen molar-refractivity contribution in [3.63, 3.8) is 0 Å². The Morgan fingerprint density at radius 2 is 0.855 bits per heavy atom. The van der Waals surface area contributed by atoms with Gasteiger partial charge >= 0.3 is 11.9 Å². The van der Waals surface area contributed by atoms with Crippen LogP contribution in [0, 0.1) is 0 Å². The van der Waals surface area contributed by atoms with E-state index in [9.17, 15) is 19.0 Å². The van der Waals surface area contributed by atoms with Crippen molar-refractivity contribution in [2.24, 2.45) is 0 Å². The van der Waals surface area contributed by atoms with Crippen LogP contribution in [-0.2, 0) is 32.7 Å². The van der Waals surface area contributed by atoms with E-state index < -0.39 is 26.5 Å². The Morgan fingerprint density at radius 1 is 0.516 bits per heavy atom. The number of phosphoric ester groups is 1. The third-order valence-electron chi connectivity index (χ3n) is 11.9. The number of hydrogen-bond acceptors (Lipinski definition) is 8. The van der Waals surface area contributed by atoms with Crippen LogP contribution in [0.15, 0.2) is 12.7 Å². The highest BCUT2D eigenvalue weighted by atomic mass is 31.2. The fourth-order valence-electron chi connectivity index (χ4n) is 7.81. The molecule has 0 rings (SSSR count). The van der Waals surface area contributed by atoms with E-state index in [1.54, 1.807) is 0 Å². The van der Waals surface area contributed by atoms with Crippen LogP contribution in [0.2, 0.25) is 0 Å². The van der Waals surface area contributed by atoms with E-state index in [1.807, 2.05) is 27.2 Å². The minimum absolute atomic E-state index is 0.0278. The van der Waals surface area contributed by atoms with Gasteiger partial charge in [-0.1, -0.05) is 225 Å². The summed E-state index contributed by atoms with van der Waals surface area (Å²) in [6.45, 7) is 5.81. The van der Waals surface area contributed by atoms with Crippen LogP contribution in [0.25, 0.3) is 0 Å². The predicted molar refractivity (Wildman–Crippen MR) is 259 cm³/mol. The number of allylic oxidation sites excluding steroid dienone is 1. The van der Waals surface area contributed by atoms with Gasteiger partial charge < -0.3 is 27.9 Å². The van der Waals surface area contributed by atoms with Gasteiger partial charge in [0.15, 0.2) is 6.10 Å². The van der Waals surface area contributed by atoms with Gasteiger partial charge in [-0.25, -0.2) is 0 Å². The molecule has 0 aromatic rings. The lowest BCUT2D eigenvalue weighted by Gasteiger charge is -2.28. The maximum Gasteiger partial charge on any atom is 0.306 e. The molecule has 368 valence electrons. The number of quaternary nitrogens is 1. The highest BCUT2D eigenvalue weighted by Crippen LogP contribution is 2.38. The zero-order chi connectivity index (χ0) is 45.7. The normalized spacial score (nSPS) is 13.2. The molecule has 0 heterocycles. The van der Waals surface area contributed by atoms with Gasteiger partial charge in [0, 0.05) is 12.8 Å². The smallest absolute Gasteiger partial charge is 0.306 e. The highest BCUT2D eigenvalue weighted by Gasteiger charge is 2.21. The Kier molecular flexibility index (Phi) is 44.0. The first kappa shape index (κ1) is 60.8. The molecule has 0 bridgehead atoms. The summed E-state index contributed by atoms with van der Waals surface area (Å²) in [6.07, 6.45) is 48.5. The molecule has 62 heavy (non-hydrogen) atoms. The molecule has 0 saturated heterocycles. The lowest BCUT2D eigenvalue weighted by atomic mass is 10.0. The van der Waals surface area contributed by atoms with E-state index in [0.29, 0.717) is 17.4 Å². The lowest BCUT2D eigenvalue weighted by Crippen LogP contribution is -2.37. The number of likely N-dealkylation sites (N-methyl/N-ethyl adjacent to an activating group) is 1. The third kappa shape index (κ3) is 48.2. The van der Waals surface area contributed by atoms with Crippen molar-refractivity contribution in [2.45, 2.75) is 263 Å². The predicted octanol–water partition coefficient (Wildman–Crippen LogP) is 15.1. The molecular weight excluding hydrogens is 798 g/mol. The summed E-state index contributed by atoms with van der Waals surface area (Å²) >= 11 is 0. The van der Waals surface area contributed by atoms with E-state index in [-0.39, 0.29) is 32.0 Å². The van der Waals surface area contributed by atoms with Crippen molar-refractivity contribution in [3.8, 4) is 0 Å². The van der Waals surface area contributed by atoms with Crippen molar-refractivity contribution in [1.82, 2.24) is 0 Å². The van der Waals surface area contributed by atoms with E-state index in [0.717, 1.165) is 44.9 Å². The van der Waals surface area contributed by atoms with Crippen LogP contribution in [0.4, 0.5) is 0 Å². The summed E-state index contributed by atoms with van der Waals surface area (Å²) in [5, 5.41) is 0. The van der Waals surface area contributed by atoms with Crippen LogP contribution >= 0.6 is 7.82 Å². The van der Waals surface area contributed by atoms with Gasteiger partial charge in [-0.05, 0) is 25.7 Å². The number of ether oxygens (including phenoxy) is 2. The Balaban J connectivity index is 4.13. The van der Waals surface area contributed by atoms with Gasteiger partial charge in [-0.3, -0.25) is 14.2 Å². The number of phosphoric acid groups is 1. The topological polar surface area (TPSA) is 111 Å². The maximum absolute atomic E-state index is 12.7. The van der Waals surface area contributed by atoms with Crippen LogP contribution in [0.3, 0.4) is 0 Å². The molecular formula is C52H102NO8P. The molecule has 0 aromatic carbocycles. The molecule has 0 aromatic heterocycles. The minimum Gasteiger partial charge on any atom is -0.756 e. The minimum atomic E-state index is -4.62. The van der Waals surface area contributed by atoms with Crippen LogP contribution in [-0.4, -0.2) is 70.0 Å². The average Bonchev–Trinajstić information content (AvgIpc) is 3.23. The highest BCUT2D eigenvalue weighted by molar-refractivity contribution is 7.45. The molecule has 0 aliphatic carbocycles. The molecule has 0 saturated carbocycles. The molecule has 0 radical (unpaired) electrons. The standard InChI is InChI=1S/C52H102NO8P/c1-6-8-10-12-14-16-18-20-22-23-24-25-26-27-28-29-31-32-34-36-38-40-42-44-51(54)58-48-50(49-60-62(56,57)59-47-46-53(3,4)5)61-52(55)45-43-41-39-37-35-33-30-21-19-17-15-13-11-9-7-2/h7,50H,2,6,8-49H2,1,3-5H3/t50-/m0/s1. The lowest BCUT2D eigenvalue weighted by molar-refractivity contribution is -0.870. The SMILES string of the molecule is C=CCCCCCCCCCCCCCCCC(=O)O[C@@H](COC(=O)CCCCCCCCCCCCCCCCCCCCCCCCC)COP(=O)([O-])OCC[N+](C)(C)C. The van der Waals surface area contributed by atoms with Gasteiger partial charge in [-0.15, -0.1) is 6.58 Å². The monoisotopic (exact) mass is 900 g/mol. The second kappa shape index (κ2) is 44.9. The number of carbonyl (C=O) groups is 2. The van der Waals surface area contributed by atoms with E-state index in [1.165, 1.54) is 186 Å². The van der Waals surface area contributed by atoms with Crippen LogP contribution < -0.4 is 4.89 Å². The molecule has 10 heteroatoms. The van der Waals surface area contributed by atoms with Crippen molar-refractivity contribution in [3.05, 3.63) is 12.7 Å². The Morgan fingerprint density at radius 3 is 1.21 bits per heavy atom. The number of esters is 2. The zero-order valence-electron chi connectivity index (χ0n) is 41.4. The second-order valence-electron chi connectivity index (χ2n) is 19.3. The number of unbranched alkanes of at least 4 members (excludes halogenated alkanes) is 35. The molecule has 9 nitrogen and oxygen atoms in total. The molecule has 0 N–H and O–H groups in total. The summed E-state index contributed by atoms with van der Waals surface area (Å²) < 4.78 is 34.1. The number of hydrogen-bond donors (Lipinski definition) is 0. The van der Waals surface area contributed by atoms with Crippen molar-refractivity contribution < 1.29 is 42.1 Å². The maximum atomic E-state index is 12.7. The Bertz CT molecular complexity index is 1050. The summed E-state index contributed by atoms with van der Waals surface area (Å²) in [6, 6.07) is 0. The summed E-state index contributed by atoms with van der Waals surface area (Å²) in [5.41, 5.74) is 0. The van der Waals surface area contributed by atoms with Crippen molar-refractivity contribution in [1.29, 1.82) is 0 Å². The summed E-state index contributed by atoms with van der Waals surface area (Å²) in [4.78, 5) is 37.7. The first-order chi connectivity index (χ1) is 30.0. The molecule has 0 spiro atoms. The Labute approximate surface area is 384 Å². The largest absolute Gasteiger partial charge is 0.756 e. The van der Waals surface area contributed by atoms with Crippen LogP contribution in [0.5, 0.6) is 0 Å². The second-order valence-corrected chi connectivity index (χ2v) is 20.7. The first-order valence-electron chi connectivity index (χ1n) is 26.4. The summed E-state index contributed by atoms with van der Waals surface area (Å²) in [5.74, 6) is -0.820. The number of rotatable bonds is 50. The third-order valence-corrected chi connectivity index (χ3v) is 12.9.